The van der Waals surface area contributed by atoms with Crippen LogP contribution < -0.4 is 14.8 Å². The molecule has 0 aliphatic rings. The van der Waals surface area contributed by atoms with Gasteiger partial charge in [-0.1, -0.05) is 29.8 Å². The zero-order chi connectivity index (χ0) is 18.1. The molecule has 25 heavy (non-hydrogen) atoms. The van der Waals surface area contributed by atoms with E-state index in [0.29, 0.717) is 23.1 Å². The van der Waals surface area contributed by atoms with Crippen molar-refractivity contribution in [2.75, 3.05) is 20.3 Å². The summed E-state index contributed by atoms with van der Waals surface area (Å²) < 4.78 is 12.3. The zero-order valence-electron chi connectivity index (χ0n) is 14.2. The summed E-state index contributed by atoms with van der Waals surface area (Å²) in [5.74, 6) is 1.33. The summed E-state index contributed by atoms with van der Waals surface area (Å²) in [7, 11) is 1.63. The summed E-state index contributed by atoms with van der Waals surface area (Å²) >= 11 is 9.74. The predicted molar refractivity (Wildman–Crippen MR) is 105 cm³/mol. The first kappa shape index (κ1) is 20.0. The van der Waals surface area contributed by atoms with Gasteiger partial charge in [-0.3, -0.25) is 0 Å². The van der Waals surface area contributed by atoms with Crippen LogP contribution in [0.25, 0.3) is 0 Å². The minimum Gasteiger partial charge on any atom is -0.493 e. The van der Waals surface area contributed by atoms with Crippen LogP contribution in [0, 0.1) is 0 Å². The summed E-state index contributed by atoms with van der Waals surface area (Å²) in [6.07, 6.45) is 1.77. The number of aliphatic hydroxyl groups excluding tert-OH is 1. The van der Waals surface area contributed by atoms with Gasteiger partial charge in [-0.25, -0.2) is 0 Å². The van der Waals surface area contributed by atoms with E-state index in [4.69, 9.17) is 26.2 Å². The number of rotatable bonds is 10. The lowest BCUT2D eigenvalue weighted by atomic mass is 10.2. The Morgan fingerprint density at radius 3 is 2.72 bits per heavy atom. The molecule has 0 spiro atoms. The van der Waals surface area contributed by atoms with Crippen molar-refractivity contribution >= 4 is 27.5 Å². The zero-order valence-corrected chi connectivity index (χ0v) is 16.6. The molecule has 0 aliphatic carbocycles. The van der Waals surface area contributed by atoms with Gasteiger partial charge in [0.05, 0.1) is 11.6 Å². The van der Waals surface area contributed by atoms with Crippen molar-refractivity contribution in [1.82, 2.24) is 5.32 Å². The van der Waals surface area contributed by atoms with Crippen molar-refractivity contribution in [1.29, 1.82) is 0 Å². The van der Waals surface area contributed by atoms with E-state index in [9.17, 15) is 0 Å². The number of benzene rings is 2. The van der Waals surface area contributed by atoms with Crippen LogP contribution in [0.1, 0.15) is 24.0 Å². The number of ether oxygens (including phenoxy) is 2. The van der Waals surface area contributed by atoms with E-state index >= 15 is 0 Å². The first-order chi connectivity index (χ1) is 12.2. The summed E-state index contributed by atoms with van der Waals surface area (Å²) in [5, 5.41) is 12.8. The highest BCUT2D eigenvalue weighted by Gasteiger charge is 2.12. The normalized spacial score (nSPS) is 10.7. The Bertz CT molecular complexity index is 682. The molecule has 2 aromatic carbocycles. The summed E-state index contributed by atoms with van der Waals surface area (Å²) in [6.45, 7) is 2.20. The fourth-order valence-electron chi connectivity index (χ4n) is 2.38. The number of aliphatic hydroxyl groups is 1. The Morgan fingerprint density at radius 2 is 2.00 bits per heavy atom. The van der Waals surface area contributed by atoms with Crippen molar-refractivity contribution in [3.63, 3.8) is 0 Å². The van der Waals surface area contributed by atoms with Crippen molar-refractivity contribution in [2.24, 2.45) is 0 Å². The molecular weight excluding hydrogens is 406 g/mol. The quantitative estimate of drug-likeness (QED) is 0.545. The minimum absolute atomic E-state index is 0.235. The number of unbranched alkanes of at least 4 members (excludes halogenated alkanes) is 1. The molecule has 4 nitrogen and oxygen atoms in total. The second-order valence-electron chi connectivity index (χ2n) is 5.60. The van der Waals surface area contributed by atoms with E-state index in [1.807, 2.05) is 36.4 Å². The monoisotopic (exact) mass is 427 g/mol. The highest BCUT2D eigenvalue weighted by Crippen LogP contribution is 2.37. The number of hydrogen-bond acceptors (Lipinski definition) is 4. The smallest absolute Gasteiger partial charge is 0.175 e. The second-order valence-corrected chi connectivity index (χ2v) is 6.86. The number of hydrogen-bond donors (Lipinski definition) is 2. The maximum Gasteiger partial charge on any atom is 0.175 e. The van der Waals surface area contributed by atoms with Crippen LogP contribution in [-0.4, -0.2) is 25.4 Å². The fourth-order valence-corrected chi connectivity index (χ4v) is 3.17. The third kappa shape index (κ3) is 6.19. The van der Waals surface area contributed by atoms with Crippen molar-refractivity contribution in [3.05, 3.63) is 57.0 Å². The molecule has 0 amide bonds. The topological polar surface area (TPSA) is 50.7 Å². The van der Waals surface area contributed by atoms with Crippen LogP contribution in [0.3, 0.4) is 0 Å². The van der Waals surface area contributed by atoms with E-state index in [2.05, 4.69) is 21.2 Å². The lowest BCUT2D eigenvalue weighted by Crippen LogP contribution is -2.15. The van der Waals surface area contributed by atoms with Crippen LogP contribution in [0.4, 0.5) is 0 Å². The maximum atomic E-state index is 8.80. The molecule has 2 rings (SSSR count). The minimum atomic E-state index is 0.235. The third-order valence-electron chi connectivity index (χ3n) is 3.71. The molecule has 136 valence electrons. The molecule has 0 fully saturated rings. The fraction of sp³-hybridized carbons (Fsp3) is 0.368. The van der Waals surface area contributed by atoms with Crippen LogP contribution in [0.15, 0.2) is 40.9 Å². The highest BCUT2D eigenvalue weighted by molar-refractivity contribution is 9.10. The van der Waals surface area contributed by atoms with Gasteiger partial charge in [-0.2, -0.15) is 0 Å². The van der Waals surface area contributed by atoms with Gasteiger partial charge in [-0.05, 0) is 59.1 Å². The van der Waals surface area contributed by atoms with Gasteiger partial charge in [0.25, 0.3) is 0 Å². The number of nitrogens with one attached hydrogen (secondary N) is 1. The first-order valence-corrected chi connectivity index (χ1v) is 9.37. The van der Waals surface area contributed by atoms with Gasteiger partial charge in [-0.15, -0.1) is 0 Å². The molecule has 0 aliphatic heterocycles. The number of methoxy groups -OCH3 is 1. The Morgan fingerprint density at radius 1 is 1.20 bits per heavy atom. The third-order valence-corrected chi connectivity index (χ3v) is 4.67. The van der Waals surface area contributed by atoms with Crippen LogP contribution in [0.5, 0.6) is 11.5 Å². The van der Waals surface area contributed by atoms with Crippen molar-refractivity contribution in [2.45, 2.75) is 26.0 Å². The molecule has 0 atom stereocenters. The second kappa shape index (κ2) is 10.7. The standard InChI is InChI=1S/C19H23BrClNO3/c1-24-18-11-14(12-22-8-4-5-9-23)10-16(20)19(18)25-13-15-6-2-3-7-17(15)21/h2-3,6-7,10-11,22-23H,4-5,8-9,12-13H2,1H3. The lowest BCUT2D eigenvalue weighted by molar-refractivity contribution is 0.282. The molecule has 0 unspecified atom stereocenters. The van der Waals surface area contributed by atoms with Crippen molar-refractivity contribution < 1.29 is 14.6 Å². The average molecular weight is 429 g/mol. The Balaban J connectivity index is 2.02. The predicted octanol–water partition coefficient (Wildman–Crippen LogP) is 4.55. The molecule has 0 aromatic heterocycles. The van der Waals surface area contributed by atoms with E-state index in [0.717, 1.165) is 41.5 Å². The Labute approximate surface area is 162 Å². The number of halogens is 2. The Kier molecular flexibility index (Phi) is 8.55. The molecule has 0 bridgehead atoms. The molecule has 0 saturated heterocycles. The lowest BCUT2D eigenvalue weighted by Gasteiger charge is -2.15. The molecule has 6 heteroatoms. The molecule has 0 radical (unpaired) electrons. The molecule has 2 N–H and O–H groups in total. The molecule has 2 aromatic rings. The summed E-state index contributed by atoms with van der Waals surface area (Å²) in [6, 6.07) is 11.6. The molecule has 0 saturated carbocycles. The van der Waals surface area contributed by atoms with Gasteiger partial charge in [0.1, 0.15) is 6.61 Å². The van der Waals surface area contributed by atoms with Gasteiger partial charge >= 0.3 is 0 Å². The maximum absolute atomic E-state index is 8.80. The van der Waals surface area contributed by atoms with Gasteiger partial charge < -0.3 is 19.9 Å². The van der Waals surface area contributed by atoms with E-state index in [1.54, 1.807) is 7.11 Å². The van der Waals surface area contributed by atoms with Gasteiger partial charge in [0.15, 0.2) is 11.5 Å². The van der Waals surface area contributed by atoms with Crippen LogP contribution >= 0.6 is 27.5 Å². The SMILES string of the molecule is COc1cc(CNCCCCO)cc(Br)c1OCc1ccccc1Cl. The van der Waals surface area contributed by atoms with Crippen LogP contribution in [0.2, 0.25) is 5.02 Å². The average Bonchev–Trinajstić information content (AvgIpc) is 2.61. The van der Waals surface area contributed by atoms with E-state index in [-0.39, 0.29) is 6.61 Å². The van der Waals surface area contributed by atoms with E-state index < -0.39 is 0 Å². The summed E-state index contributed by atoms with van der Waals surface area (Å²) in [4.78, 5) is 0. The summed E-state index contributed by atoms with van der Waals surface area (Å²) in [5.41, 5.74) is 2.02. The largest absolute Gasteiger partial charge is 0.493 e. The van der Waals surface area contributed by atoms with Gasteiger partial charge in [0.2, 0.25) is 0 Å². The van der Waals surface area contributed by atoms with Crippen molar-refractivity contribution in [3.8, 4) is 11.5 Å². The molecular formula is C19H23BrClNO3. The van der Waals surface area contributed by atoms with E-state index in [1.165, 1.54) is 0 Å². The molecule has 0 heterocycles. The van der Waals surface area contributed by atoms with Gasteiger partial charge in [0, 0.05) is 23.7 Å². The Hall–Kier alpha value is -1.27. The van der Waals surface area contributed by atoms with Crippen LogP contribution in [-0.2, 0) is 13.2 Å². The first-order valence-electron chi connectivity index (χ1n) is 8.20. The highest BCUT2D eigenvalue weighted by atomic mass is 79.9.